The van der Waals surface area contributed by atoms with E-state index in [0.717, 1.165) is 28.8 Å². The number of aliphatic hydroxyl groups is 1. The Labute approximate surface area is 120 Å². The molecule has 1 unspecified atom stereocenters. The molecule has 2 heterocycles. The van der Waals surface area contributed by atoms with E-state index in [4.69, 9.17) is 0 Å². The fraction of sp³-hybridized carbons (Fsp3) is 0.462. The normalized spacial score (nSPS) is 12.6. The second-order valence-corrected chi connectivity index (χ2v) is 5.00. The van der Waals surface area contributed by atoms with E-state index in [-0.39, 0.29) is 0 Å². The molecular formula is C13H17BrN4O. The highest BCUT2D eigenvalue weighted by atomic mass is 79.9. The quantitative estimate of drug-likeness (QED) is 0.916. The van der Waals surface area contributed by atoms with Gasteiger partial charge in [0.2, 0.25) is 0 Å². The van der Waals surface area contributed by atoms with E-state index in [9.17, 15) is 5.11 Å². The zero-order valence-electron chi connectivity index (χ0n) is 11.0. The van der Waals surface area contributed by atoms with Gasteiger partial charge in [0.1, 0.15) is 6.10 Å². The summed E-state index contributed by atoms with van der Waals surface area (Å²) in [7, 11) is 0. The molecule has 5 nitrogen and oxygen atoms in total. The number of hydrogen-bond acceptors (Lipinski definition) is 4. The van der Waals surface area contributed by atoms with Crippen molar-refractivity contribution in [3.05, 3.63) is 40.1 Å². The predicted octanol–water partition coefficient (Wildman–Crippen LogP) is 2.29. The van der Waals surface area contributed by atoms with E-state index in [1.165, 1.54) is 0 Å². The van der Waals surface area contributed by atoms with Crippen LogP contribution in [0.15, 0.2) is 22.9 Å². The molecule has 0 bridgehead atoms. The van der Waals surface area contributed by atoms with E-state index in [2.05, 4.69) is 37.9 Å². The molecule has 1 N–H and O–H groups in total. The van der Waals surface area contributed by atoms with Gasteiger partial charge in [0, 0.05) is 25.4 Å². The van der Waals surface area contributed by atoms with Crippen molar-refractivity contribution >= 4 is 15.9 Å². The minimum atomic E-state index is -0.718. The van der Waals surface area contributed by atoms with Crippen molar-refractivity contribution in [2.75, 3.05) is 0 Å². The van der Waals surface area contributed by atoms with Crippen LogP contribution < -0.4 is 0 Å². The Kier molecular flexibility index (Phi) is 4.66. The molecule has 102 valence electrons. The molecule has 0 saturated heterocycles. The van der Waals surface area contributed by atoms with Crippen LogP contribution in [0.3, 0.4) is 0 Å². The average molecular weight is 325 g/mol. The molecule has 6 heteroatoms. The Bertz CT molecular complexity index is 541. The molecule has 0 radical (unpaired) electrons. The van der Waals surface area contributed by atoms with Gasteiger partial charge in [-0.25, -0.2) is 9.97 Å². The third-order valence-corrected chi connectivity index (χ3v) is 3.88. The smallest absolute Gasteiger partial charge is 0.157 e. The van der Waals surface area contributed by atoms with Crippen molar-refractivity contribution in [3.63, 3.8) is 0 Å². The average Bonchev–Trinajstić information content (AvgIpc) is 2.76. The molecule has 2 rings (SSSR count). The summed E-state index contributed by atoms with van der Waals surface area (Å²) < 4.78 is 2.89. The van der Waals surface area contributed by atoms with Crippen LogP contribution in [0.5, 0.6) is 0 Å². The second-order valence-electron chi connectivity index (χ2n) is 4.20. The summed E-state index contributed by atoms with van der Waals surface area (Å²) in [5, 5.41) is 14.7. The highest BCUT2D eigenvalue weighted by molar-refractivity contribution is 9.10. The van der Waals surface area contributed by atoms with Crippen LogP contribution in [0.25, 0.3) is 0 Å². The van der Waals surface area contributed by atoms with Crippen molar-refractivity contribution in [3.8, 4) is 0 Å². The lowest BCUT2D eigenvalue weighted by atomic mass is 10.1. The van der Waals surface area contributed by atoms with Crippen LogP contribution in [0, 0.1) is 0 Å². The first kappa shape index (κ1) is 14.1. The van der Waals surface area contributed by atoms with Gasteiger partial charge in [-0.15, -0.1) is 0 Å². The molecule has 0 spiro atoms. The summed E-state index contributed by atoms with van der Waals surface area (Å²) in [5.41, 5.74) is 2.00. The van der Waals surface area contributed by atoms with Crippen molar-refractivity contribution in [2.24, 2.45) is 0 Å². The van der Waals surface area contributed by atoms with Crippen LogP contribution in [-0.4, -0.2) is 24.9 Å². The van der Waals surface area contributed by atoms with Gasteiger partial charge in [-0.05, 0) is 35.3 Å². The Hall–Kier alpha value is -1.27. The van der Waals surface area contributed by atoms with Gasteiger partial charge in [0.25, 0.3) is 0 Å². The van der Waals surface area contributed by atoms with E-state index in [1.807, 2.05) is 11.6 Å². The largest absolute Gasteiger partial charge is 0.385 e. The molecule has 0 saturated carbocycles. The number of aliphatic hydroxyl groups excluding tert-OH is 1. The van der Waals surface area contributed by atoms with Gasteiger partial charge in [-0.2, -0.15) is 5.10 Å². The second kappa shape index (κ2) is 6.25. The highest BCUT2D eigenvalue weighted by Gasteiger charge is 2.19. The number of halogens is 1. The third-order valence-electron chi connectivity index (χ3n) is 2.96. The first-order chi connectivity index (χ1) is 9.17. The first-order valence-electron chi connectivity index (χ1n) is 6.36. The van der Waals surface area contributed by atoms with Gasteiger partial charge < -0.3 is 5.11 Å². The van der Waals surface area contributed by atoms with Crippen LogP contribution in [0.2, 0.25) is 0 Å². The lowest BCUT2D eigenvalue weighted by Gasteiger charge is -2.10. The predicted molar refractivity (Wildman–Crippen MR) is 75.7 cm³/mol. The van der Waals surface area contributed by atoms with Crippen molar-refractivity contribution in [1.29, 1.82) is 0 Å². The summed E-state index contributed by atoms with van der Waals surface area (Å²) in [6.07, 6.45) is 3.86. The van der Waals surface area contributed by atoms with Gasteiger partial charge in [0.15, 0.2) is 5.82 Å². The van der Waals surface area contributed by atoms with Gasteiger partial charge in [-0.1, -0.05) is 6.92 Å². The third kappa shape index (κ3) is 3.01. The molecule has 0 aromatic carbocycles. The number of rotatable bonds is 5. The molecule has 19 heavy (non-hydrogen) atoms. The number of nitrogens with zero attached hydrogens (tertiary/aromatic N) is 4. The maximum Gasteiger partial charge on any atom is 0.157 e. The summed E-state index contributed by atoms with van der Waals surface area (Å²) in [6.45, 7) is 4.87. The summed E-state index contributed by atoms with van der Waals surface area (Å²) in [5.74, 6) is 0.441. The Morgan fingerprint density at radius 1 is 1.32 bits per heavy atom. The number of hydrogen-bond donors (Lipinski definition) is 1. The number of aromatic nitrogens is 4. The summed E-state index contributed by atoms with van der Waals surface area (Å²) >= 11 is 3.57. The highest BCUT2D eigenvalue weighted by Crippen LogP contribution is 2.26. The molecular weight excluding hydrogens is 308 g/mol. The molecule has 0 aliphatic heterocycles. The first-order valence-corrected chi connectivity index (χ1v) is 7.15. The van der Waals surface area contributed by atoms with E-state index >= 15 is 0 Å². The van der Waals surface area contributed by atoms with Crippen LogP contribution in [0.1, 0.15) is 37.2 Å². The van der Waals surface area contributed by atoms with Gasteiger partial charge in [0.05, 0.1) is 15.9 Å². The molecule has 0 aliphatic rings. The van der Waals surface area contributed by atoms with Crippen molar-refractivity contribution in [2.45, 2.75) is 39.3 Å². The Morgan fingerprint density at radius 2 is 2.00 bits per heavy atom. The maximum absolute atomic E-state index is 10.2. The number of aryl methyl sites for hydroxylation is 2. The summed E-state index contributed by atoms with van der Waals surface area (Å²) in [4.78, 5) is 8.16. The topological polar surface area (TPSA) is 63.8 Å². The zero-order chi connectivity index (χ0) is 13.8. The Morgan fingerprint density at radius 3 is 2.58 bits per heavy atom. The maximum atomic E-state index is 10.2. The minimum absolute atomic E-state index is 0.441. The SMILES string of the molecule is CCc1nn(CC)c(CC(O)c2ncccn2)c1Br. The van der Waals surface area contributed by atoms with Gasteiger partial charge in [-0.3, -0.25) is 4.68 Å². The van der Waals surface area contributed by atoms with E-state index < -0.39 is 6.10 Å². The fourth-order valence-electron chi connectivity index (χ4n) is 1.97. The minimum Gasteiger partial charge on any atom is -0.385 e. The molecule has 0 amide bonds. The van der Waals surface area contributed by atoms with E-state index in [0.29, 0.717) is 12.2 Å². The molecule has 2 aromatic rings. The van der Waals surface area contributed by atoms with Crippen LogP contribution in [0.4, 0.5) is 0 Å². The van der Waals surface area contributed by atoms with E-state index in [1.54, 1.807) is 18.5 Å². The van der Waals surface area contributed by atoms with Crippen LogP contribution >= 0.6 is 15.9 Å². The molecule has 2 aromatic heterocycles. The van der Waals surface area contributed by atoms with Crippen molar-refractivity contribution < 1.29 is 5.11 Å². The Balaban J connectivity index is 2.26. The fourth-order valence-corrected chi connectivity index (χ4v) is 2.70. The molecule has 0 aliphatic carbocycles. The lowest BCUT2D eigenvalue weighted by Crippen LogP contribution is -2.11. The van der Waals surface area contributed by atoms with Crippen molar-refractivity contribution in [1.82, 2.24) is 19.7 Å². The standard InChI is InChI=1S/C13H17BrN4O/c1-3-9-12(14)10(18(4-2)17-9)8-11(19)13-15-6-5-7-16-13/h5-7,11,19H,3-4,8H2,1-2H3. The zero-order valence-corrected chi connectivity index (χ0v) is 12.6. The lowest BCUT2D eigenvalue weighted by molar-refractivity contribution is 0.165. The molecule has 0 fully saturated rings. The van der Waals surface area contributed by atoms with Gasteiger partial charge >= 0.3 is 0 Å². The molecule has 1 atom stereocenters. The monoisotopic (exact) mass is 324 g/mol. The summed E-state index contributed by atoms with van der Waals surface area (Å²) in [6, 6.07) is 1.73. The van der Waals surface area contributed by atoms with Crippen LogP contribution in [-0.2, 0) is 19.4 Å².